The molecule has 112 valence electrons. The van der Waals surface area contributed by atoms with E-state index in [0.717, 1.165) is 11.1 Å². The second kappa shape index (κ2) is 6.47. The van der Waals surface area contributed by atoms with Crippen molar-refractivity contribution in [3.05, 3.63) is 58.6 Å². The van der Waals surface area contributed by atoms with Crippen LogP contribution in [-0.2, 0) is 16.4 Å². The highest BCUT2D eigenvalue weighted by Crippen LogP contribution is 2.22. The first kappa shape index (κ1) is 15.8. The predicted octanol–water partition coefficient (Wildman–Crippen LogP) is 2.75. The van der Waals surface area contributed by atoms with Crippen LogP contribution in [0.1, 0.15) is 11.1 Å². The average Bonchev–Trinajstić information content (AvgIpc) is 2.41. The lowest BCUT2D eigenvalue weighted by Crippen LogP contribution is -2.26. The Morgan fingerprint density at radius 1 is 1.19 bits per heavy atom. The molecule has 0 saturated heterocycles. The highest BCUT2D eigenvalue weighted by molar-refractivity contribution is 7.89. The molecule has 0 heterocycles. The Morgan fingerprint density at radius 3 is 2.67 bits per heavy atom. The van der Waals surface area contributed by atoms with Gasteiger partial charge in [0.05, 0.1) is 5.69 Å². The van der Waals surface area contributed by atoms with Crippen LogP contribution in [-0.4, -0.2) is 15.0 Å². The minimum Gasteiger partial charge on any atom is -0.398 e. The first-order chi connectivity index (χ1) is 9.88. The maximum absolute atomic E-state index is 12.2. The molecule has 4 nitrogen and oxygen atoms in total. The topological polar surface area (TPSA) is 72.2 Å². The van der Waals surface area contributed by atoms with Crippen LogP contribution in [0.4, 0.5) is 5.69 Å². The fourth-order valence-electron chi connectivity index (χ4n) is 2.02. The van der Waals surface area contributed by atoms with E-state index in [1.54, 1.807) is 6.07 Å². The molecule has 2 rings (SSSR count). The Balaban J connectivity index is 2.06. The van der Waals surface area contributed by atoms with Crippen molar-refractivity contribution < 1.29 is 8.42 Å². The molecule has 21 heavy (non-hydrogen) atoms. The van der Waals surface area contributed by atoms with Gasteiger partial charge in [0.2, 0.25) is 10.0 Å². The number of rotatable bonds is 5. The molecule has 0 aliphatic rings. The first-order valence-corrected chi connectivity index (χ1v) is 8.35. The molecule has 2 aromatic rings. The van der Waals surface area contributed by atoms with Gasteiger partial charge in [0.25, 0.3) is 0 Å². The van der Waals surface area contributed by atoms with Gasteiger partial charge in [-0.2, -0.15) is 0 Å². The number of nitrogen functional groups attached to an aromatic ring is 1. The number of hydrogen-bond acceptors (Lipinski definition) is 3. The highest BCUT2D eigenvalue weighted by atomic mass is 35.5. The van der Waals surface area contributed by atoms with Gasteiger partial charge in [-0.3, -0.25) is 0 Å². The van der Waals surface area contributed by atoms with Gasteiger partial charge in [0, 0.05) is 11.6 Å². The van der Waals surface area contributed by atoms with E-state index in [9.17, 15) is 8.42 Å². The molecule has 0 amide bonds. The molecule has 3 N–H and O–H groups in total. The van der Waals surface area contributed by atoms with Gasteiger partial charge in [-0.1, -0.05) is 41.4 Å². The summed E-state index contributed by atoms with van der Waals surface area (Å²) in [5.41, 5.74) is 8.11. The molecule has 0 aromatic heterocycles. The molecule has 0 aliphatic carbocycles. The maximum atomic E-state index is 12.2. The Bertz CT molecular complexity index is 745. The van der Waals surface area contributed by atoms with E-state index in [-0.39, 0.29) is 10.6 Å². The molecule has 2 aromatic carbocycles. The zero-order chi connectivity index (χ0) is 15.5. The van der Waals surface area contributed by atoms with Crippen molar-refractivity contribution in [2.45, 2.75) is 18.2 Å². The third-order valence-corrected chi connectivity index (χ3v) is 4.81. The molecule has 6 heteroatoms. The van der Waals surface area contributed by atoms with E-state index in [1.807, 2.05) is 31.2 Å². The van der Waals surface area contributed by atoms with Gasteiger partial charge in [-0.15, -0.1) is 0 Å². The number of halogens is 1. The molecule has 0 atom stereocenters. The van der Waals surface area contributed by atoms with Crippen LogP contribution in [0.2, 0.25) is 5.02 Å². The zero-order valence-corrected chi connectivity index (χ0v) is 13.2. The van der Waals surface area contributed by atoms with Crippen LogP contribution >= 0.6 is 11.6 Å². The van der Waals surface area contributed by atoms with E-state index in [1.165, 1.54) is 12.1 Å². The summed E-state index contributed by atoms with van der Waals surface area (Å²) in [6.45, 7) is 2.30. The fourth-order valence-corrected chi connectivity index (χ4v) is 3.44. The summed E-state index contributed by atoms with van der Waals surface area (Å²) in [5, 5.41) is 0.336. The minimum absolute atomic E-state index is 0.0132. The van der Waals surface area contributed by atoms with Crippen molar-refractivity contribution in [2.75, 3.05) is 12.3 Å². The quantitative estimate of drug-likeness (QED) is 0.831. The normalized spacial score (nSPS) is 11.5. The van der Waals surface area contributed by atoms with Crippen molar-refractivity contribution in [1.29, 1.82) is 0 Å². The molecule has 0 spiro atoms. The smallest absolute Gasteiger partial charge is 0.242 e. The summed E-state index contributed by atoms with van der Waals surface area (Å²) in [5.74, 6) is 0. The molecule has 0 saturated carbocycles. The number of nitrogens with two attached hydrogens (primary N) is 1. The van der Waals surface area contributed by atoms with E-state index in [2.05, 4.69) is 4.72 Å². The zero-order valence-electron chi connectivity index (χ0n) is 11.6. The number of hydrogen-bond donors (Lipinski definition) is 2. The van der Waals surface area contributed by atoms with Crippen LogP contribution < -0.4 is 10.5 Å². The Morgan fingerprint density at radius 2 is 1.95 bits per heavy atom. The van der Waals surface area contributed by atoms with Gasteiger partial charge < -0.3 is 5.73 Å². The maximum Gasteiger partial charge on any atom is 0.242 e. The molecule has 0 radical (unpaired) electrons. The van der Waals surface area contributed by atoms with Crippen molar-refractivity contribution in [3.8, 4) is 0 Å². The average molecular weight is 325 g/mol. The predicted molar refractivity (Wildman–Crippen MR) is 85.9 cm³/mol. The van der Waals surface area contributed by atoms with Crippen LogP contribution in [0.5, 0.6) is 0 Å². The summed E-state index contributed by atoms with van der Waals surface area (Å²) in [6, 6.07) is 12.3. The summed E-state index contributed by atoms with van der Waals surface area (Å²) in [6.07, 6.45) is 0.612. The van der Waals surface area contributed by atoms with E-state index in [0.29, 0.717) is 18.0 Å². The third kappa shape index (κ3) is 4.20. The van der Waals surface area contributed by atoms with Gasteiger partial charge >= 0.3 is 0 Å². The van der Waals surface area contributed by atoms with Crippen molar-refractivity contribution in [3.63, 3.8) is 0 Å². The lowest BCUT2D eigenvalue weighted by molar-refractivity contribution is 0.582. The third-order valence-electron chi connectivity index (χ3n) is 3.05. The summed E-state index contributed by atoms with van der Waals surface area (Å²) in [4.78, 5) is 0.0132. The minimum atomic E-state index is -3.65. The number of aryl methyl sites for hydroxylation is 1. The van der Waals surface area contributed by atoms with Gasteiger partial charge in [0.15, 0.2) is 0 Å². The largest absolute Gasteiger partial charge is 0.398 e. The Kier molecular flexibility index (Phi) is 4.88. The number of nitrogens with one attached hydrogen (secondary N) is 1. The van der Waals surface area contributed by atoms with Crippen molar-refractivity contribution in [2.24, 2.45) is 0 Å². The molecular formula is C15H17ClN2O2S. The molecule has 0 unspecified atom stereocenters. The molecular weight excluding hydrogens is 308 g/mol. The Labute approximate surface area is 130 Å². The number of benzene rings is 2. The van der Waals surface area contributed by atoms with Crippen molar-refractivity contribution in [1.82, 2.24) is 4.72 Å². The van der Waals surface area contributed by atoms with E-state index in [4.69, 9.17) is 17.3 Å². The standard InChI is InChI=1S/C15H17ClN2O2S/c1-11-3-2-4-12(9-11)7-8-18-21(19,20)15-10-13(16)5-6-14(15)17/h2-6,9-10,18H,7-8,17H2,1H3. The molecule has 0 aliphatic heterocycles. The van der Waals surface area contributed by atoms with Crippen LogP contribution in [0.15, 0.2) is 47.4 Å². The summed E-state index contributed by atoms with van der Waals surface area (Å²) in [7, 11) is -3.65. The van der Waals surface area contributed by atoms with E-state index < -0.39 is 10.0 Å². The molecule has 0 bridgehead atoms. The van der Waals surface area contributed by atoms with E-state index >= 15 is 0 Å². The van der Waals surface area contributed by atoms with Gasteiger partial charge in [0.1, 0.15) is 4.90 Å². The SMILES string of the molecule is Cc1cccc(CCNS(=O)(=O)c2cc(Cl)ccc2N)c1. The fraction of sp³-hybridized carbons (Fsp3) is 0.200. The van der Waals surface area contributed by atoms with Crippen LogP contribution in [0, 0.1) is 6.92 Å². The van der Waals surface area contributed by atoms with Crippen molar-refractivity contribution >= 4 is 27.3 Å². The number of sulfonamides is 1. The second-order valence-corrected chi connectivity index (χ2v) is 6.99. The van der Waals surface area contributed by atoms with Crippen LogP contribution in [0.25, 0.3) is 0 Å². The Hall–Kier alpha value is -1.56. The second-order valence-electron chi connectivity index (χ2n) is 4.82. The van der Waals surface area contributed by atoms with Crippen LogP contribution in [0.3, 0.4) is 0 Å². The lowest BCUT2D eigenvalue weighted by atomic mass is 10.1. The first-order valence-electron chi connectivity index (χ1n) is 6.49. The summed E-state index contributed by atoms with van der Waals surface area (Å²) < 4.78 is 27.0. The highest BCUT2D eigenvalue weighted by Gasteiger charge is 2.17. The lowest BCUT2D eigenvalue weighted by Gasteiger charge is -2.09. The molecule has 0 fully saturated rings. The monoisotopic (exact) mass is 324 g/mol. The van der Waals surface area contributed by atoms with Gasteiger partial charge in [-0.05, 0) is 37.1 Å². The number of anilines is 1. The summed E-state index contributed by atoms with van der Waals surface area (Å²) >= 11 is 5.82. The van der Waals surface area contributed by atoms with Gasteiger partial charge in [-0.25, -0.2) is 13.1 Å².